The summed E-state index contributed by atoms with van der Waals surface area (Å²) in [5.41, 5.74) is -0.000570. The molecule has 1 N–H and O–H groups in total. The first-order valence-corrected chi connectivity index (χ1v) is 11.5. The molecule has 3 aromatic rings. The van der Waals surface area contributed by atoms with E-state index in [4.69, 9.17) is 4.74 Å². The summed E-state index contributed by atoms with van der Waals surface area (Å²) in [4.78, 5) is 48.0. The second-order valence-electron chi connectivity index (χ2n) is 8.04. The van der Waals surface area contributed by atoms with Crippen LogP contribution in [-0.2, 0) is 9.53 Å². The molecule has 4 heterocycles. The van der Waals surface area contributed by atoms with Crippen LogP contribution in [0.25, 0.3) is 16.2 Å². The fourth-order valence-electron chi connectivity index (χ4n) is 3.89. The van der Waals surface area contributed by atoms with Crippen LogP contribution in [0.15, 0.2) is 17.1 Å². The van der Waals surface area contributed by atoms with Gasteiger partial charge in [-0.15, -0.1) is 0 Å². The third-order valence-corrected chi connectivity index (χ3v) is 6.48. The SMILES string of the molecule is CCOCCCC(=O)C1CN(c2cc(C)c3c(=O)c(C(=O)O)cn(-c4nc(C)ns4)c3n2)C1. The van der Waals surface area contributed by atoms with Crippen molar-refractivity contribution in [2.24, 2.45) is 5.92 Å². The predicted molar refractivity (Wildman–Crippen MR) is 124 cm³/mol. The quantitative estimate of drug-likeness (QED) is 0.468. The lowest BCUT2D eigenvalue weighted by atomic mass is 9.92. The number of aromatic carboxylic acids is 1. The van der Waals surface area contributed by atoms with Crippen LogP contribution in [0.4, 0.5) is 5.82 Å². The zero-order valence-corrected chi connectivity index (χ0v) is 19.5. The maximum atomic E-state index is 12.9. The maximum Gasteiger partial charge on any atom is 0.341 e. The molecule has 0 spiro atoms. The summed E-state index contributed by atoms with van der Waals surface area (Å²) in [6, 6.07) is 1.76. The van der Waals surface area contributed by atoms with Crippen molar-refractivity contribution in [1.82, 2.24) is 18.9 Å². The number of ketones is 1. The molecule has 0 atom stereocenters. The smallest absolute Gasteiger partial charge is 0.341 e. The Bertz CT molecular complexity index is 1280. The molecule has 33 heavy (non-hydrogen) atoms. The fourth-order valence-corrected chi connectivity index (χ4v) is 4.54. The molecule has 1 aliphatic heterocycles. The number of hydrogen-bond acceptors (Lipinski definition) is 9. The first kappa shape index (κ1) is 23.0. The Hall–Kier alpha value is -3.18. The molecule has 10 nitrogen and oxygen atoms in total. The zero-order chi connectivity index (χ0) is 23.7. The summed E-state index contributed by atoms with van der Waals surface area (Å²) >= 11 is 1.10. The van der Waals surface area contributed by atoms with Crippen molar-refractivity contribution in [3.05, 3.63) is 39.4 Å². The van der Waals surface area contributed by atoms with E-state index in [9.17, 15) is 19.5 Å². The number of pyridine rings is 2. The minimum absolute atomic E-state index is 0.0492. The lowest BCUT2D eigenvalue weighted by Crippen LogP contribution is -2.51. The van der Waals surface area contributed by atoms with Crippen molar-refractivity contribution in [3.63, 3.8) is 0 Å². The van der Waals surface area contributed by atoms with Gasteiger partial charge in [0.25, 0.3) is 0 Å². The number of anilines is 1. The first-order valence-electron chi connectivity index (χ1n) is 10.8. The molecule has 174 valence electrons. The number of ether oxygens (including phenoxy) is 1. The Balaban J connectivity index is 1.66. The molecule has 0 aromatic carbocycles. The van der Waals surface area contributed by atoms with Crippen LogP contribution in [0.3, 0.4) is 0 Å². The maximum absolute atomic E-state index is 12.9. The number of carboxylic acids is 1. The second kappa shape index (κ2) is 9.36. The van der Waals surface area contributed by atoms with E-state index in [0.717, 1.165) is 18.0 Å². The van der Waals surface area contributed by atoms with E-state index in [-0.39, 0.29) is 22.7 Å². The van der Waals surface area contributed by atoms with E-state index < -0.39 is 11.4 Å². The Morgan fingerprint density at radius 3 is 2.67 bits per heavy atom. The van der Waals surface area contributed by atoms with Gasteiger partial charge in [0, 0.05) is 50.5 Å². The molecule has 1 aliphatic rings. The van der Waals surface area contributed by atoms with Gasteiger partial charge in [-0.25, -0.2) is 14.8 Å². The predicted octanol–water partition coefficient (Wildman–Crippen LogP) is 2.37. The highest BCUT2D eigenvalue weighted by molar-refractivity contribution is 7.08. The van der Waals surface area contributed by atoms with Gasteiger partial charge in [0.15, 0.2) is 5.65 Å². The molecule has 1 fully saturated rings. The highest BCUT2D eigenvalue weighted by Crippen LogP contribution is 2.29. The van der Waals surface area contributed by atoms with Crippen molar-refractivity contribution >= 4 is 40.1 Å². The fraction of sp³-hybridized carbons (Fsp3) is 0.455. The number of aryl methyl sites for hydroxylation is 2. The molecule has 3 aromatic heterocycles. The summed E-state index contributed by atoms with van der Waals surface area (Å²) < 4.78 is 11.0. The van der Waals surface area contributed by atoms with Crippen molar-refractivity contribution < 1.29 is 19.4 Å². The van der Waals surface area contributed by atoms with Crippen LogP contribution in [-0.4, -0.2) is 62.1 Å². The van der Waals surface area contributed by atoms with Crippen molar-refractivity contribution in [2.45, 2.75) is 33.6 Å². The van der Waals surface area contributed by atoms with E-state index in [0.29, 0.717) is 60.7 Å². The molecule has 1 saturated heterocycles. The second-order valence-corrected chi connectivity index (χ2v) is 8.77. The molecule has 0 amide bonds. The van der Waals surface area contributed by atoms with Crippen LogP contribution in [0.5, 0.6) is 0 Å². The summed E-state index contributed by atoms with van der Waals surface area (Å²) in [5, 5.41) is 10.2. The van der Waals surface area contributed by atoms with Crippen molar-refractivity contribution in [1.29, 1.82) is 0 Å². The number of nitrogens with zero attached hydrogens (tertiary/aromatic N) is 5. The van der Waals surface area contributed by atoms with Gasteiger partial charge in [-0.05, 0) is 38.8 Å². The molecular formula is C22H25N5O5S. The van der Waals surface area contributed by atoms with Crippen molar-refractivity contribution in [2.75, 3.05) is 31.2 Å². The van der Waals surface area contributed by atoms with Gasteiger partial charge in [-0.3, -0.25) is 14.2 Å². The van der Waals surface area contributed by atoms with Gasteiger partial charge < -0.3 is 14.7 Å². The van der Waals surface area contributed by atoms with Gasteiger partial charge in [-0.2, -0.15) is 4.37 Å². The lowest BCUT2D eigenvalue weighted by molar-refractivity contribution is -0.123. The van der Waals surface area contributed by atoms with Gasteiger partial charge >= 0.3 is 5.97 Å². The molecule has 0 saturated carbocycles. The molecule has 0 unspecified atom stereocenters. The van der Waals surface area contributed by atoms with E-state index in [2.05, 4.69) is 14.3 Å². The number of rotatable bonds is 9. The minimum Gasteiger partial charge on any atom is -0.477 e. The standard InChI is InChI=1S/C22H25N5O5S/c1-4-32-7-5-6-16(28)14-9-26(10-14)17-8-12(2)18-19(29)15(21(30)31)11-27(20(18)24-17)22-23-13(3)25-33-22/h8,11,14H,4-7,9-10H2,1-3H3,(H,30,31). The number of carboxylic acid groups (broad SMARTS) is 1. The molecule has 11 heteroatoms. The monoisotopic (exact) mass is 471 g/mol. The van der Waals surface area contributed by atoms with Gasteiger partial charge in [0.1, 0.15) is 23.0 Å². The number of aromatic nitrogens is 4. The topological polar surface area (TPSA) is 128 Å². The van der Waals surface area contributed by atoms with Crippen LogP contribution in [0.1, 0.15) is 41.5 Å². The van der Waals surface area contributed by atoms with Gasteiger partial charge in [0.2, 0.25) is 10.6 Å². The normalized spacial score (nSPS) is 14.0. The summed E-state index contributed by atoms with van der Waals surface area (Å²) in [5.74, 6) is 0.0345. The number of hydrogen-bond donors (Lipinski definition) is 1. The van der Waals surface area contributed by atoms with Crippen LogP contribution in [0, 0.1) is 19.8 Å². The number of carbonyl (C=O) groups is 2. The molecule has 0 bridgehead atoms. The van der Waals surface area contributed by atoms with Crippen LogP contribution >= 0.6 is 11.5 Å². The Morgan fingerprint density at radius 2 is 2.03 bits per heavy atom. The number of carbonyl (C=O) groups excluding carboxylic acids is 1. The van der Waals surface area contributed by atoms with E-state index in [1.807, 2.05) is 11.8 Å². The highest BCUT2D eigenvalue weighted by atomic mass is 32.1. The largest absolute Gasteiger partial charge is 0.477 e. The van der Waals surface area contributed by atoms with Crippen molar-refractivity contribution in [3.8, 4) is 5.13 Å². The molecule has 0 aliphatic carbocycles. The lowest BCUT2D eigenvalue weighted by Gasteiger charge is -2.39. The average Bonchev–Trinajstić information content (AvgIpc) is 3.16. The van der Waals surface area contributed by atoms with E-state index in [1.54, 1.807) is 19.9 Å². The Morgan fingerprint density at radius 1 is 1.27 bits per heavy atom. The summed E-state index contributed by atoms with van der Waals surface area (Å²) in [6.07, 6.45) is 2.47. The molecular weight excluding hydrogens is 446 g/mol. The minimum atomic E-state index is -1.31. The third kappa shape index (κ3) is 4.51. The first-order chi connectivity index (χ1) is 15.8. The van der Waals surface area contributed by atoms with Crippen LogP contribution < -0.4 is 10.3 Å². The number of Topliss-reactive ketones (excluding diaryl/α,β-unsaturated/α-hetero) is 1. The van der Waals surface area contributed by atoms with Crippen LogP contribution in [0.2, 0.25) is 0 Å². The van der Waals surface area contributed by atoms with E-state index in [1.165, 1.54) is 10.8 Å². The third-order valence-electron chi connectivity index (χ3n) is 5.67. The zero-order valence-electron chi connectivity index (χ0n) is 18.7. The molecule has 0 radical (unpaired) electrons. The average molecular weight is 472 g/mol. The molecule has 4 rings (SSSR count). The van der Waals surface area contributed by atoms with Gasteiger partial charge in [0.05, 0.1) is 11.3 Å². The number of fused-ring (bicyclic) bond motifs is 1. The summed E-state index contributed by atoms with van der Waals surface area (Å²) in [6.45, 7) is 7.77. The van der Waals surface area contributed by atoms with E-state index >= 15 is 0 Å². The Labute approximate surface area is 194 Å². The van der Waals surface area contributed by atoms with Gasteiger partial charge in [-0.1, -0.05) is 0 Å². The highest BCUT2D eigenvalue weighted by Gasteiger charge is 2.33. The Kier molecular flexibility index (Phi) is 6.52. The summed E-state index contributed by atoms with van der Waals surface area (Å²) in [7, 11) is 0.